The van der Waals surface area contributed by atoms with Gasteiger partial charge in [-0.1, -0.05) is 37.5 Å². The number of imidazole rings is 1. The van der Waals surface area contributed by atoms with Gasteiger partial charge in [-0.25, -0.2) is 4.98 Å². The zero-order valence-corrected chi connectivity index (χ0v) is 15.2. The van der Waals surface area contributed by atoms with Crippen LogP contribution in [-0.4, -0.2) is 29.7 Å². The quantitative estimate of drug-likeness (QED) is 0.604. The SMILES string of the molecule is c1cc(OCCNCC2CCCCC2)cc(-c2ccc3nc[nH]c3c2)c1. The van der Waals surface area contributed by atoms with Crippen molar-refractivity contribution in [3.8, 4) is 16.9 Å². The molecule has 0 amide bonds. The molecule has 0 bridgehead atoms. The van der Waals surface area contributed by atoms with Crippen LogP contribution in [0.5, 0.6) is 5.75 Å². The monoisotopic (exact) mass is 349 g/mol. The van der Waals surface area contributed by atoms with Gasteiger partial charge in [0.25, 0.3) is 0 Å². The molecule has 1 aliphatic rings. The predicted octanol–water partition coefficient (Wildman–Crippen LogP) is 4.78. The Hall–Kier alpha value is -2.33. The number of H-pyrrole nitrogens is 1. The topological polar surface area (TPSA) is 49.9 Å². The highest BCUT2D eigenvalue weighted by molar-refractivity contribution is 5.81. The molecule has 1 fully saturated rings. The summed E-state index contributed by atoms with van der Waals surface area (Å²) >= 11 is 0. The number of benzene rings is 2. The van der Waals surface area contributed by atoms with Crippen molar-refractivity contribution >= 4 is 11.0 Å². The number of rotatable bonds is 7. The fourth-order valence-electron chi connectivity index (χ4n) is 3.82. The second-order valence-corrected chi connectivity index (χ2v) is 7.22. The number of aromatic amines is 1. The summed E-state index contributed by atoms with van der Waals surface area (Å²) in [6.07, 6.45) is 8.73. The molecule has 4 nitrogen and oxygen atoms in total. The molecule has 1 heterocycles. The molecule has 0 aliphatic heterocycles. The maximum atomic E-state index is 5.95. The van der Waals surface area contributed by atoms with Gasteiger partial charge in [0.1, 0.15) is 12.4 Å². The average Bonchev–Trinajstić information content (AvgIpc) is 3.17. The number of ether oxygens (including phenoxy) is 1. The van der Waals surface area contributed by atoms with Crippen molar-refractivity contribution in [3.63, 3.8) is 0 Å². The summed E-state index contributed by atoms with van der Waals surface area (Å²) in [4.78, 5) is 7.44. The number of aromatic nitrogens is 2. The van der Waals surface area contributed by atoms with E-state index in [1.54, 1.807) is 6.33 Å². The van der Waals surface area contributed by atoms with Crippen molar-refractivity contribution in [2.75, 3.05) is 19.7 Å². The van der Waals surface area contributed by atoms with E-state index in [1.165, 1.54) is 37.7 Å². The summed E-state index contributed by atoms with van der Waals surface area (Å²) < 4.78 is 5.95. The van der Waals surface area contributed by atoms with E-state index in [1.807, 2.05) is 12.1 Å². The lowest BCUT2D eigenvalue weighted by Gasteiger charge is -2.21. The third kappa shape index (κ3) is 4.25. The first-order valence-electron chi connectivity index (χ1n) is 9.75. The van der Waals surface area contributed by atoms with Crippen LogP contribution in [0.25, 0.3) is 22.2 Å². The maximum Gasteiger partial charge on any atom is 0.119 e. The fourth-order valence-corrected chi connectivity index (χ4v) is 3.82. The van der Waals surface area contributed by atoms with E-state index in [4.69, 9.17) is 4.74 Å². The number of hydrogen-bond donors (Lipinski definition) is 2. The zero-order valence-electron chi connectivity index (χ0n) is 15.2. The van der Waals surface area contributed by atoms with E-state index in [0.717, 1.165) is 41.4 Å². The van der Waals surface area contributed by atoms with Gasteiger partial charge in [-0.3, -0.25) is 0 Å². The summed E-state index contributed by atoms with van der Waals surface area (Å²) in [5, 5.41) is 3.55. The Morgan fingerprint density at radius 1 is 1.04 bits per heavy atom. The Labute approximate surface area is 155 Å². The first-order valence-corrected chi connectivity index (χ1v) is 9.75. The largest absolute Gasteiger partial charge is 0.492 e. The van der Waals surface area contributed by atoms with Crippen LogP contribution in [0.3, 0.4) is 0 Å². The third-order valence-corrected chi connectivity index (χ3v) is 5.29. The van der Waals surface area contributed by atoms with E-state index in [2.05, 4.69) is 45.6 Å². The van der Waals surface area contributed by atoms with Gasteiger partial charge in [0, 0.05) is 6.54 Å². The standard InChI is InChI=1S/C22H27N3O/c1-2-5-17(6-3-1)15-23-11-12-26-20-8-4-7-18(13-20)19-9-10-21-22(14-19)25-16-24-21/h4,7-10,13-14,16-17,23H,1-3,5-6,11-12,15H2,(H,24,25). The van der Waals surface area contributed by atoms with Crippen LogP contribution < -0.4 is 10.1 Å². The molecule has 1 saturated carbocycles. The Balaban J connectivity index is 1.29. The van der Waals surface area contributed by atoms with E-state index in [-0.39, 0.29) is 0 Å². The molecule has 0 unspecified atom stereocenters. The molecule has 0 saturated heterocycles. The highest BCUT2D eigenvalue weighted by Gasteiger charge is 2.12. The smallest absolute Gasteiger partial charge is 0.119 e. The van der Waals surface area contributed by atoms with Crippen LogP contribution in [0.4, 0.5) is 0 Å². The molecule has 1 aliphatic carbocycles. The summed E-state index contributed by atoms with van der Waals surface area (Å²) in [7, 11) is 0. The first kappa shape index (κ1) is 17.1. The third-order valence-electron chi connectivity index (χ3n) is 5.29. The summed E-state index contributed by atoms with van der Waals surface area (Å²) in [6.45, 7) is 2.74. The zero-order chi connectivity index (χ0) is 17.6. The molecule has 0 spiro atoms. The molecule has 2 N–H and O–H groups in total. The van der Waals surface area contributed by atoms with Crippen LogP contribution in [-0.2, 0) is 0 Å². The minimum absolute atomic E-state index is 0.704. The van der Waals surface area contributed by atoms with Crippen LogP contribution >= 0.6 is 0 Å². The van der Waals surface area contributed by atoms with Crippen LogP contribution in [0.15, 0.2) is 48.8 Å². The average molecular weight is 349 g/mol. The van der Waals surface area contributed by atoms with Gasteiger partial charge in [0.15, 0.2) is 0 Å². The molecule has 2 aromatic carbocycles. The lowest BCUT2D eigenvalue weighted by molar-refractivity contribution is 0.294. The van der Waals surface area contributed by atoms with E-state index in [9.17, 15) is 0 Å². The van der Waals surface area contributed by atoms with Gasteiger partial charge in [0.05, 0.1) is 17.4 Å². The molecule has 0 atom stereocenters. The number of nitrogens with zero attached hydrogens (tertiary/aromatic N) is 1. The molecule has 26 heavy (non-hydrogen) atoms. The van der Waals surface area contributed by atoms with E-state index in [0.29, 0.717) is 6.61 Å². The Morgan fingerprint density at radius 2 is 1.92 bits per heavy atom. The Bertz CT molecular complexity index is 836. The second kappa shape index (κ2) is 8.37. The summed E-state index contributed by atoms with van der Waals surface area (Å²) in [5.74, 6) is 1.79. The van der Waals surface area contributed by atoms with Gasteiger partial charge in [-0.15, -0.1) is 0 Å². The van der Waals surface area contributed by atoms with Gasteiger partial charge in [0.2, 0.25) is 0 Å². The van der Waals surface area contributed by atoms with Gasteiger partial charge < -0.3 is 15.0 Å². The summed E-state index contributed by atoms with van der Waals surface area (Å²) in [5.41, 5.74) is 4.38. The van der Waals surface area contributed by atoms with Crippen LogP contribution in [0.2, 0.25) is 0 Å². The highest BCUT2D eigenvalue weighted by Crippen LogP contribution is 2.26. The molecule has 0 radical (unpaired) electrons. The molecule has 4 heteroatoms. The van der Waals surface area contributed by atoms with Gasteiger partial charge >= 0.3 is 0 Å². The van der Waals surface area contributed by atoms with Crippen molar-refractivity contribution in [2.24, 2.45) is 5.92 Å². The van der Waals surface area contributed by atoms with Gasteiger partial charge in [-0.05, 0) is 60.7 Å². The Morgan fingerprint density at radius 3 is 2.85 bits per heavy atom. The number of nitrogens with one attached hydrogen (secondary N) is 2. The number of hydrogen-bond acceptors (Lipinski definition) is 3. The first-order chi connectivity index (χ1) is 12.9. The van der Waals surface area contributed by atoms with Crippen LogP contribution in [0, 0.1) is 5.92 Å². The van der Waals surface area contributed by atoms with E-state index < -0.39 is 0 Å². The van der Waals surface area contributed by atoms with Crippen molar-refractivity contribution in [2.45, 2.75) is 32.1 Å². The highest BCUT2D eigenvalue weighted by atomic mass is 16.5. The van der Waals surface area contributed by atoms with Crippen molar-refractivity contribution in [3.05, 3.63) is 48.8 Å². The molecule has 4 rings (SSSR count). The molecular formula is C22H27N3O. The molecule has 1 aromatic heterocycles. The fraction of sp³-hybridized carbons (Fsp3) is 0.409. The van der Waals surface area contributed by atoms with Crippen LogP contribution in [0.1, 0.15) is 32.1 Å². The lowest BCUT2D eigenvalue weighted by atomic mass is 9.89. The minimum Gasteiger partial charge on any atom is -0.492 e. The summed E-state index contributed by atoms with van der Waals surface area (Å²) in [6, 6.07) is 14.6. The van der Waals surface area contributed by atoms with Crippen molar-refractivity contribution in [1.29, 1.82) is 0 Å². The maximum absolute atomic E-state index is 5.95. The minimum atomic E-state index is 0.704. The molecule has 136 valence electrons. The lowest BCUT2D eigenvalue weighted by Crippen LogP contribution is -2.28. The second-order valence-electron chi connectivity index (χ2n) is 7.22. The normalized spacial score (nSPS) is 15.4. The van der Waals surface area contributed by atoms with Crippen molar-refractivity contribution < 1.29 is 4.74 Å². The van der Waals surface area contributed by atoms with Crippen molar-refractivity contribution in [1.82, 2.24) is 15.3 Å². The molecular weight excluding hydrogens is 322 g/mol. The molecule has 3 aromatic rings. The number of fused-ring (bicyclic) bond motifs is 1. The Kier molecular flexibility index (Phi) is 5.50. The predicted molar refractivity (Wildman–Crippen MR) is 106 cm³/mol. The van der Waals surface area contributed by atoms with Gasteiger partial charge in [-0.2, -0.15) is 0 Å². The van der Waals surface area contributed by atoms with E-state index >= 15 is 0 Å².